The van der Waals surface area contributed by atoms with E-state index in [4.69, 9.17) is 23.2 Å². The third kappa shape index (κ3) is 4.72. The second-order valence-corrected chi connectivity index (χ2v) is 6.61. The number of anilines is 2. The normalized spacial score (nSPS) is 15.0. The van der Waals surface area contributed by atoms with Gasteiger partial charge in [0.1, 0.15) is 5.69 Å². The summed E-state index contributed by atoms with van der Waals surface area (Å²) >= 11 is 11.9. The number of benzene rings is 1. The first kappa shape index (κ1) is 19.5. The number of hydrogen-bond donors (Lipinski definition) is 1. The van der Waals surface area contributed by atoms with E-state index >= 15 is 0 Å². The van der Waals surface area contributed by atoms with Crippen LogP contribution in [0.5, 0.6) is 0 Å². The fraction of sp³-hybridized carbons (Fsp3) is 0.312. The Labute approximate surface area is 162 Å². The van der Waals surface area contributed by atoms with Crippen LogP contribution in [0, 0.1) is 0 Å². The number of hydrogen-bond acceptors (Lipinski definition) is 4. The zero-order chi connectivity index (χ0) is 19.6. The van der Waals surface area contributed by atoms with E-state index in [9.17, 15) is 18.0 Å². The van der Waals surface area contributed by atoms with Gasteiger partial charge < -0.3 is 15.1 Å². The Balaban J connectivity index is 1.62. The van der Waals surface area contributed by atoms with Gasteiger partial charge in [-0.1, -0.05) is 23.2 Å². The van der Waals surface area contributed by atoms with Gasteiger partial charge in [-0.05, 0) is 24.3 Å². The smallest absolute Gasteiger partial charge is 0.337 e. The first-order valence-corrected chi connectivity index (χ1v) is 8.66. The molecular formula is C16H14Cl2F3N5O. The van der Waals surface area contributed by atoms with Crippen LogP contribution in [0.25, 0.3) is 0 Å². The van der Waals surface area contributed by atoms with Crippen LogP contribution in [0.15, 0.2) is 30.5 Å². The highest BCUT2D eigenvalue weighted by Gasteiger charge is 2.33. The number of piperazine rings is 1. The molecule has 0 atom stereocenters. The lowest BCUT2D eigenvalue weighted by Gasteiger charge is -2.34. The molecule has 3 rings (SSSR count). The Bertz CT molecular complexity index is 841. The molecule has 0 saturated carbocycles. The predicted molar refractivity (Wildman–Crippen MR) is 96.3 cm³/mol. The summed E-state index contributed by atoms with van der Waals surface area (Å²) in [6, 6.07) is 5.16. The Hall–Kier alpha value is -2.26. The number of rotatable bonds is 2. The zero-order valence-electron chi connectivity index (χ0n) is 13.8. The highest BCUT2D eigenvalue weighted by atomic mass is 35.5. The van der Waals surface area contributed by atoms with Gasteiger partial charge in [0.05, 0.1) is 10.7 Å². The van der Waals surface area contributed by atoms with E-state index in [1.165, 1.54) is 11.0 Å². The van der Waals surface area contributed by atoms with Gasteiger partial charge in [0.2, 0.25) is 5.95 Å². The van der Waals surface area contributed by atoms with Crippen molar-refractivity contribution in [3.05, 3.63) is 46.2 Å². The van der Waals surface area contributed by atoms with Gasteiger partial charge in [-0.3, -0.25) is 0 Å². The summed E-state index contributed by atoms with van der Waals surface area (Å²) in [5.74, 6) is -0.0113. The van der Waals surface area contributed by atoms with Crippen molar-refractivity contribution in [1.82, 2.24) is 14.9 Å². The molecule has 1 fully saturated rings. The van der Waals surface area contributed by atoms with Gasteiger partial charge >= 0.3 is 12.2 Å². The molecule has 0 bridgehead atoms. The van der Waals surface area contributed by atoms with Crippen molar-refractivity contribution < 1.29 is 18.0 Å². The molecule has 1 saturated heterocycles. The first-order valence-electron chi connectivity index (χ1n) is 7.90. The van der Waals surface area contributed by atoms with Gasteiger partial charge in [0.15, 0.2) is 0 Å². The minimum Gasteiger partial charge on any atom is -0.337 e. The van der Waals surface area contributed by atoms with Crippen LogP contribution in [0.1, 0.15) is 5.69 Å². The van der Waals surface area contributed by atoms with E-state index in [1.807, 2.05) is 0 Å². The Kier molecular flexibility index (Phi) is 5.61. The third-order valence-corrected chi connectivity index (χ3v) is 4.52. The summed E-state index contributed by atoms with van der Waals surface area (Å²) in [6.45, 7) is 1.20. The lowest BCUT2D eigenvalue weighted by Crippen LogP contribution is -2.50. The van der Waals surface area contributed by atoms with Crippen LogP contribution in [0.3, 0.4) is 0 Å². The lowest BCUT2D eigenvalue weighted by atomic mass is 10.3. The third-order valence-electron chi connectivity index (χ3n) is 3.95. The number of amides is 2. The van der Waals surface area contributed by atoms with Crippen LogP contribution in [-0.4, -0.2) is 47.1 Å². The van der Waals surface area contributed by atoms with E-state index in [0.29, 0.717) is 41.9 Å². The molecule has 1 aromatic carbocycles. The molecule has 1 aliphatic rings. The summed E-state index contributed by atoms with van der Waals surface area (Å²) in [7, 11) is 0. The maximum atomic E-state index is 12.8. The summed E-state index contributed by atoms with van der Waals surface area (Å²) in [5, 5.41) is 3.46. The van der Waals surface area contributed by atoms with Crippen molar-refractivity contribution in [2.75, 3.05) is 36.4 Å². The molecule has 0 unspecified atom stereocenters. The number of nitrogens with one attached hydrogen (secondary N) is 1. The summed E-state index contributed by atoms with van der Waals surface area (Å²) in [6.07, 6.45) is -3.46. The zero-order valence-corrected chi connectivity index (χ0v) is 15.3. The van der Waals surface area contributed by atoms with Crippen LogP contribution in [-0.2, 0) is 6.18 Å². The SMILES string of the molecule is O=C(Nc1cc(Cl)ccc1Cl)N1CCN(c2nccc(C(F)(F)F)n2)CC1. The van der Waals surface area contributed by atoms with E-state index < -0.39 is 11.9 Å². The number of aromatic nitrogens is 2. The molecule has 0 radical (unpaired) electrons. The van der Waals surface area contributed by atoms with Gasteiger partial charge in [-0.15, -0.1) is 0 Å². The molecule has 144 valence electrons. The average molecular weight is 420 g/mol. The number of nitrogens with zero attached hydrogens (tertiary/aromatic N) is 4. The standard InChI is InChI=1S/C16H14Cl2F3N5O/c17-10-1-2-11(18)12(9-10)23-15(27)26-7-5-25(6-8-26)14-22-4-3-13(24-14)16(19,20)21/h1-4,9H,5-8H2,(H,23,27). The molecule has 0 aliphatic carbocycles. The molecule has 2 aromatic rings. The number of carbonyl (C=O) groups is 1. The van der Waals surface area contributed by atoms with Crippen molar-refractivity contribution in [3.63, 3.8) is 0 Å². The molecule has 6 nitrogen and oxygen atoms in total. The van der Waals surface area contributed by atoms with E-state index in [1.54, 1.807) is 17.0 Å². The largest absolute Gasteiger partial charge is 0.433 e. The van der Waals surface area contributed by atoms with Crippen molar-refractivity contribution in [3.8, 4) is 0 Å². The van der Waals surface area contributed by atoms with E-state index in [-0.39, 0.29) is 12.0 Å². The Morgan fingerprint density at radius 2 is 1.81 bits per heavy atom. The van der Waals surface area contributed by atoms with Gasteiger partial charge in [-0.25, -0.2) is 14.8 Å². The van der Waals surface area contributed by atoms with Crippen molar-refractivity contribution in [2.45, 2.75) is 6.18 Å². The highest BCUT2D eigenvalue weighted by Crippen LogP contribution is 2.28. The minimum atomic E-state index is -4.53. The van der Waals surface area contributed by atoms with Crippen LogP contribution >= 0.6 is 23.2 Å². The molecule has 2 amide bonds. The van der Waals surface area contributed by atoms with Gasteiger partial charge in [0, 0.05) is 37.4 Å². The highest BCUT2D eigenvalue weighted by molar-refractivity contribution is 6.35. The minimum absolute atomic E-state index is 0.0113. The second kappa shape index (κ2) is 7.77. The number of alkyl halides is 3. The van der Waals surface area contributed by atoms with Crippen LogP contribution in [0.2, 0.25) is 10.0 Å². The second-order valence-electron chi connectivity index (χ2n) is 5.77. The predicted octanol–water partition coefficient (Wildman–Crippen LogP) is 4.16. The van der Waals surface area contributed by atoms with Crippen molar-refractivity contribution in [2.24, 2.45) is 0 Å². The van der Waals surface area contributed by atoms with Gasteiger partial charge in [-0.2, -0.15) is 13.2 Å². The topological polar surface area (TPSA) is 61.4 Å². The number of carbonyl (C=O) groups excluding carboxylic acids is 1. The Morgan fingerprint density at radius 1 is 1.11 bits per heavy atom. The quantitative estimate of drug-likeness (QED) is 0.793. The monoisotopic (exact) mass is 419 g/mol. The number of halogens is 5. The van der Waals surface area contributed by atoms with E-state index in [0.717, 1.165) is 12.3 Å². The molecule has 11 heteroatoms. The molecule has 1 aromatic heterocycles. The number of urea groups is 1. The van der Waals surface area contributed by atoms with Gasteiger partial charge in [0.25, 0.3) is 0 Å². The van der Waals surface area contributed by atoms with Crippen molar-refractivity contribution in [1.29, 1.82) is 0 Å². The molecule has 27 heavy (non-hydrogen) atoms. The maximum absolute atomic E-state index is 12.8. The van der Waals surface area contributed by atoms with E-state index in [2.05, 4.69) is 15.3 Å². The summed E-state index contributed by atoms with van der Waals surface area (Å²) in [5.41, 5.74) is -0.610. The maximum Gasteiger partial charge on any atom is 0.433 e. The molecule has 2 heterocycles. The summed E-state index contributed by atoms with van der Waals surface area (Å²) in [4.78, 5) is 23.0. The van der Waals surface area contributed by atoms with Crippen LogP contribution < -0.4 is 10.2 Å². The first-order chi connectivity index (χ1) is 12.7. The molecular weight excluding hydrogens is 406 g/mol. The van der Waals surface area contributed by atoms with Crippen molar-refractivity contribution >= 4 is 40.9 Å². The fourth-order valence-corrected chi connectivity index (χ4v) is 2.89. The van der Waals surface area contributed by atoms with Crippen LogP contribution in [0.4, 0.5) is 29.6 Å². The molecule has 0 spiro atoms. The average Bonchev–Trinajstić information content (AvgIpc) is 2.64. The fourth-order valence-electron chi connectivity index (χ4n) is 2.56. The molecule has 1 aliphatic heterocycles. The molecule has 1 N–H and O–H groups in total. The Morgan fingerprint density at radius 3 is 2.48 bits per heavy atom. The lowest BCUT2D eigenvalue weighted by molar-refractivity contribution is -0.141. The summed E-state index contributed by atoms with van der Waals surface area (Å²) < 4.78 is 38.3.